The lowest BCUT2D eigenvalue weighted by molar-refractivity contribution is -0.131. The van der Waals surface area contributed by atoms with Crippen LogP contribution in [0.15, 0.2) is 48.7 Å². The van der Waals surface area contributed by atoms with Crippen molar-refractivity contribution in [2.24, 2.45) is 0 Å². The number of ether oxygens (including phenoxy) is 1. The van der Waals surface area contributed by atoms with Gasteiger partial charge in [-0.1, -0.05) is 30.3 Å². The van der Waals surface area contributed by atoms with Crippen LogP contribution in [0.4, 0.5) is 5.69 Å². The molecule has 116 valence electrons. The summed E-state index contributed by atoms with van der Waals surface area (Å²) < 4.78 is 5.10. The molecule has 0 unspecified atom stereocenters. The third kappa shape index (κ3) is 4.86. The summed E-state index contributed by atoms with van der Waals surface area (Å²) in [5, 5.41) is 0. The summed E-state index contributed by atoms with van der Waals surface area (Å²) in [6, 6.07) is 13.5. The molecule has 2 rings (SSSR count). The molecule has 0 radical (unpaired) electrons. The van der Waals surface area contributed by atoms with Gasteiger partial charge in [0.15, 0.2) is 0 Å². The summed E-state index contributed by atoms with van der Waals surface area (Å²) in [5.41, 5.74) is 8.02. The second kappa shape index (κ2) is 8.14. The molecule has 5 nitrogen and oxygen atoms in total. The van der Waals surface area contributed by atoms with Crippen LogP contribution in [0, 0.1) is 0 Å². The third-order valence-corrected chi connectivity index (χ3v) is 3.31. The van der Waals surface area contributed by atoms with Gasteiger partial charge >= 0.3 is 0 Å². The van der Waals surface area contributed by atoms with Crippen molar-refractivity contribution in [2.45, 2.75) is 13.0 Å². The molecule has 0 aliphatic carbocycles. The van der Waals surface area contributed by atoms with Crippen LogP contribution >= 0.6 is 0 Å². The smallest absolute Gasteiger partial charge is 0.228 e. The first-order chi connectivity index (χ1) is 10.7. The minimum atomic E-state index is 0.0261. The lowest BCUT2D eigenvalue weighted by Crippen LogP contribution is -2.34. The van der Waals surface area contributed by atoms with Crippen LogP contribution in [-0.4, -0.2) is 36.1 Å². The number of benzene rings is 1. The number of carbonyl (C=O) groups excluding carboxylic acids is 1. The zero-order valence-electron chi connectivity index (χ0n) is 12.7. The number of nitrogens with zero attached hydrogens (tertiary/aromatic N) is 2. The molecule has 0 saturated carbocycles. The molecule has 1 aromatic heterocycles. The van der Waals surface area contributed by atoms with E-state index in [-0.39, 0.29) is 12.3 Å². The number of amides is 1. The van der Waals surface area contributed by atoms with E-state index in [1.165, 1.54) is 0 Å². The van der Waals surface area contributed by atoms with E-state index in [2.05, 4.69) is 4.98 Å². The van der Waals surface area contributed by atoms with E-state index in [1.807, 2.05) is 30.3 Å². The Labute approximate surface area is 130 Å². The van der Waals surface area contributed by atoms with E-state index in [1.54, 1.807) is 30.3 Å². The van der Waals surface area contributed by atoms with Gasteiger partial charge in [0.2, 0.25) is 5.91 Å². The number of nitrogens with two attached hydrogens (primary N) is 1. The molecule has 0 spiro atoms. The molecule has 0 bridgehead atoms. The van der Waals surface area contributed by atoms with Crippen molar-refractivity contribution in [1.29, 1.82) is 0 Å². The maximum atomic E-state index is 12.5. The van der Waals surface area contributed by atoms with Crippen molar-refractivity contribution >= 4 is 11.6 Å². The van der Waals surface area contributed by atoms with Gasteiger partial charge in [-0.25, -0.2) is 0 Å². The molecule has 0 aliphatic heterocycles. The molecule has 1 amide bonds. The lowest BCUT2D eigenvalue weighted by Gasteiger charge is -2.22. The van der Waals surface area contributed by atoms with Gasteiger partial charge in [-0.15, -0.1) is 0 Å². The molecule has 1 aromatic carbocycles. The van der Waals surface area contributed by atoms with Crippen molar-refractivity contribution in [2.75, 3.05) is 26.0 Å². The quantitative estimate of drug-likeness (QED) is 0.847. The number of pyridine rings is 1. The summed E-state index contributed by atoms with van der Waals surface area (Å²) in [6.45, 7) is 1.63. The van der Waals surface area contributed by atoms with E-state index in [4.69, 9.17) is 10.5 Å². The van der Waals surface area contributed by atoms with Gasteiger partial charge in [-0.2, -0.15) is 0 Å². The van der Waals surface area contributed by atoms with E-state index in [0.717, 1.165) is 11.3 Å². The fourth-order valence-electron chi connectivity index (χ4n) is 2.10. The fraction of sp³-hybridized carbons (Fsp3) is 0.294. The van der Waals surface area contributed by atoms with E-state index >= 15 is 0 Å². The molecular weight excluding hydrogens is 278 g/mol. The highest BCUT2D eigenvalue weighted by molar-refractivity contribution is 5.78. The number of nitrogen functional groups attached to an aromatic ring is 1. The summed E-state index contributed by atoms with van der Waals surface area (Å²) >= 11 is 0. The van der Waals surface area contributed by atoms with Crippen LogP contribution in [-0.2, 0) is 22.5 Å². The standard InChI is InChI=1S/C17H21N3O2/c1-22-10-9-20(13-14-5-3-2-4-6-14)17(21)11-16-8-7-15(18)12-19-16/h2-8,12H,9-11,13,18H2,1H3. The summed E-state index contributed by atoms with van der Waals surface area (Å²) in [6.07, 6.45) is 1.83. The van der Waals surface area contributed by atoms with Gasteiger partial charge in [-0.3, -0.25) is 9.78 Å². The number of rotatable bonds is 7. The number of aromatic nitrogens is 1. The first-order valence-corrected chi connectivity index (χ1v) is 7.20. The number of hydrogen-bond donors (Lipinski definition) is 1. The summed E-state index contributed by atoms with van der Waals surface area (Å²) in [4.78, 5) is 18.5. The molecule has 2 N–H and O–H groups in total. The largest absolute Gasteiger partial charge is 0.397 e. The van der Waals surface area contributed by atoms with Crippen LogP contribution in [0.2, 0.25) is 0 Å². The van der Waals surface area contributed by atoms with Crippen LogP contribution in [0.1, 0.15) is 11.3 Å². The molecule has 0 saturated heterocycles. The lowest BCUT2D eigenvalue weighted by atomic mass is 10.2. The van der Waals surface area contributed by atoms with Crippen LogP contribution in [0.5, 0.6) is 0 Å². The Hall–Kier alpha value is -2.40. The topological polar surface area (TPSA) is 68.5 Å². The Morgan fingerprint density at radius 3 is 2.64 bits per heavy atom. The molecule has 22 heavy (non-hydrogen) atoms. The molecule has 5 heteroatoms. The first kappa shape index (κ1) is 16.0. The molecular formula is C17H21N3O2. The Bertz CT molecular complexity index is 585. The minimum absolute atomic E-state index is 0.0261. The summed E-state index contributed by atoms with van der Waals surface area (Å²) in [5.74, 6) is 0.0261. The number of carbonyl (C=O) groups is 1. The van der Waals surface area contributed by atoms with Gasteiger partial charge < -0.3 is 15.4 Å². The zero-order valence-corrected chi connectivity index (χ0v) is 12.7. The number of anilines is 1. The highest BCUT2D eigenvalue weighted by Crippen LogP contribution is 2.08. The zero-order chi connectivity index (χ0) is 15.8. The van der Waals surface area contributed by atoms with Crippen molar-refractivity contribution in [3.05, 3.63) is 59.9 Å². The SMILES string of the molecule is COCCN(Cc1ccccc1)C(=O)Cc1ccc(N)cn1. The van der Waals surface area contributed by atoms with Crippen LogP contribution in [0.25, 0.3) is 0 Å². The molecule has 0 atom stereocenters. The third-order valence-electron chi connectivity index (χ3n) is 3.31. The average molecular weight is 299 g/mol. The van der Waals surface area contributed by atoms with Gasteiger partial charge in [0.25, 0.3) is 0 Å². The molecule has 0 aliphatic rings. The molecule has 1 heterocycles. The maximum absolute atomic E-state index is 12.5. The van der Waals surface area contributed by atoms with Crippen molar-refractivity contribution in [3.63, 3.8) is 0 Å². The number of hydrogen-bond acceptors (Lipinski definition) is 4. The monoisotopic (exact) mass is 299 g/mol. The second-order valence-corrected chi connectivity index (χ2v) is 5.05. The fourth-order valence-corrected chi connectivity index (χ4v) is 2.10. The average Bonchev–Trinajstić information content (AvgIpc) is 2.54. The number of methoxy groups -OCH3 is 1. The van der Waals surface area contributed by atoms with Gasteiger partial charge in [0.1, 0.15) is 0 Å². The highest BCUT2D eigenvalue weighted by Gasteiger charge is 2.15. The Kier molecular flexibility index (Phi) is 5.91. The summed E-state index contributed by atoms with van der Waals surface area (Å²) in [7, 11) is 1.63. The van der Waals surface area contributed by atoms with Gasteiger partial charge in [0.05, 0.1) is 24.9 Å². The Morgan fingerprint density at radius 2 is 2.00 bits per heavy atom. The van der Waals surface area contributed by atoms with Crippen molar-refractivity contribution < 1.29 is 9.53 Å². The van der Waals surface area contributed by atoms with Crippen molar-refractivity contribution in [3.8, 4) is 0 Å². The van der Waals surface area contributed by atoms with Gasteiger partial charge in [0, 0.05) is 25.9 Å². The van der Waals surface area contributed by atoms with Crippen LogP contribution in [0.3, 0.4) is 0 Å². The molecule has 0 fully saturated rings. The van der Waals surface area contributed by atoms with E-state index < -0.39 is 0 Å². The minimum Gasteiger partial charge on any atom is -0.397 e. The predicted octanol–water partition coefficient (Wildman–Crippen LogP) is 1.88. The maximum Gasteiger partial charge on any atom is 0.228 e. The second-order valence-electron chi connectivity index (χ2n) is 5.05. The Balaban J connectivity index is 2.03. The van der Waals surface area contributed by atoms with Crippen LogP contribution < -0.4 is 5.73 Å². The van der Waals surface area contributed by atoms with E-state index in [9.17, 15) is 4.79 Å². The van der Waals surface area contributed by atoms with Crippen molar-refractivity contribution in [1.82, 2.24) is 9.88 Å². The first-order valence-electron chi connectivity index (χ1n) is 7.20. The highest BCUT2D eigenvalue weighted by atomic mass is 16.5. The molecule has 2 aromatic rings. The predicted molar refractivity (Wildman–Crippen MR) is 86.1 cm³/mol. The van der Waals surface area contributed by atoms with Gasteiger partial charge in [-0.05, 0) is 17.7 Å². The normalized spacial score (nSPS) is 10.4. The Morgan fingerprint density at radius 1 is 1.23 bits per heavy atom. The van der Waals surface area contributed by atoms with E-state index in [0.29, 0.717) is 25.4 Å².